The molecule has 4 nitrogen and oxygen atoms in total. The fourth-order valence-corrected chi connectivity index (χ4v) is 2.97. The van der Waals surface area contributed by atoms with Crippen LogP contribution in [0.5, 0.6) is 0 Å². The number of hydrogen-bond acceptors (Lipinski definition) is 1. The summed E-state index contributed by atoms with van der Waals surface area (Å²) < 4.78 is 16.1. The van der Waals surface area contributed by atoms with E-state index in [1.807, 2.05) is 32.4 Å². The maximum atomic E-state index is 12.9. The van der Waals surface area contributed by atoms with Gasteiger partial charge in [0.2, 0.25) is 0 Å². The van der Waals surface area contributed by atoms with E-state index in [0.29, 0.717) is 0 Å². The quantitative estimate of drug-likeness (QED) is 0.378. The van der Waals surface area contributed by atoms with Crippen LogP contribution in [0.4, 0.5) is 4.39 Å². The Kier molecular flexibility index (Phi) is 8.75. The van der Waals surface area contributed by atoms with Crippen molar-refractivity contribution in [3.05, 3.63) is 58.1 Å². The molecule has 1 heterocycles. The zero-order chi connectivity index (χ0) is 16.8. The molecular formula is C17H23BrFIN4. The molecule has 0 spiro atoms. The van der Waals surface area contributed by atoms with E-state index in [-0.39, 0.29) is 29.8 Å². The van der Waals surface area contributed by atoms with Crippen LogP contribution >= 0.6 is 39.9 Å². The van der Waals surface area contributed by atoms with Crippen molar-refractivity contribution < 1.29 is 4.39 Å². The van der Waals surface area contributed by atoms with Crippen molar-refractivity contribution >= 4 is 45.9 Å². The Morgan fingerprint density at radius 1 is 1.33 bits per heavy atom. The highest BCUT2D eigenvalue weighted by atomic mass is 127. The number of aromatic nitrogens is 1. The van der Waals surface area contributed by atoms with Crippen LogP contribution < -0.4 is 5.32 Å². The summed E-state index contributed by atoms with van der Waals surface area (Å²) in [6, 6.07) is 8.70. The van der Waals surface area contributed by atoms with Crippen LogP contribution in [-0.4, -0.2) is 36.1 Å². The van der Waals surface area contributed by atoms with Gasteiger partial charge < -0.3 is 14.8 Å². The van der Waals surface area contributed by atoms with Crippen LogP contribution in [0.25, 0.3) is 0 Å². The van der Waals surface area contributed by atoms with Crippen LogP contribution in [-0.2, 0) is 20.0 Å². The number of aryl methyl sites for hydroxylation is 1. The first-order valence-electron chi connectivity index (χ1n) is 7.46. The largest absolute Gasteiger partial charge is 0.356 e. The van der Waals surface area contributed by atoms with Crippen molar-refractivity contribution in [3.63, 3.8) is 0 Å². The molecule has 24 heavy (non-hydrogen) atoms. The lowest BCUT2D eigenvalue weighted by Crippen LogP contribution is -2.39. The molecule has 0 aliphatic rings. The van der Waals surface area contributed by atoms with Gasteiger partial charge in [0, 0.05) is 44.1 Å². The van der Waals surface area contributed by atoms with Gasteiger partial charge in [0.25, 0.3) is 0 Å². The molecule has 0 aliphatic carbocycles. The Morgan fingerprint density at radius 3 is 2.54 bits per heavy atom. The summed E-state index contributed by atoms with van der Waals surface area (Å²) in [6.45, 7) is 1.51. The number of aliphatic imine (C=N–C) groups is 1. The molecule has 2 rings (SSSR count). The zero-order valence-corrected chi connectivity index (χ0v) is 18.0. The standard InChI is InChI=1S/C17H22BrFN4.HI/c1-20-17(21-9-8-13-4-6-15(19)7-5-13)23(3)12-16-10-14(18)11-22(16)2;/h4-7,10-11H,8-9,12H2,1-3H3,(H,20,21);1H. The normalized spacial score (nSPS) is 11.1. The third-order valence-corrected chi connectivity index (χ3v) is 4.09. The van der Waals surface area contributed by atoms with Gasteiger partial charge >= 0.3 is 0 Å². The van der Waals surface area contributed by atoms with Crippen LogP contribution in [0.2, 0.25) is 0 Å². The predicted octanol–water partition coefficient (Wildman–Crippen LogP) is 3.79. The number of nitrogens with zero attached hydrogens (tertiary/aromatic N) is 3. The molecule has 7 heteroatoms. The molecule has 0 saturated heterocycles. The van der Waals surface area contributed by atoms with E-state index in [1.165, 1.54) is 17.8 Å². The van der Waals surface area contributed by atoms with Gasteiger partial charge in [0.15, 0.2) is 5.96 Å². The summed E-state index contributed by atoms with van der Waals surface area (Å²) in [5, 5.41) is 3.34. The monoisotopic (exact) mass is 508 g/mol. The topological polar surface area (TPSA) is 32.6 Å². The molecule has 0 aliphatic heterocycles. The molecule has 0 bridgehead atoms. The number of rotatable bonds is 5. The molecule has 0 radical (unpaired) electrons. The van der Waals surface area contributed by atoms with Crippen LogP contribution in [0, 0.1) is 5.82 Å². The minimum atomic E-state index is -0.203. The molecule has 0 fully saturated rings. The van der Waals surface area contributed by atoms with Crippen LogP contribution in [0.15, 0.2) is 46.0 Å². The molecule has 2 aromatic rings. The Hall–Kier alpha value is -1.09. The van der Waals surface area contributed by atoms with Crippen molar-refractivity contribution in [1.29, 1.82) is 0 Å². The molecule has 0 saturated carbocycles. The summed E-state index contributed by atoms with van der Waals surface area (Å²) in [4.78, 5) is 6.39. The molecule has 0 unspecified atom stereocenters. The van der Waals surface area contributed by atoms with E-state index in [9.17, 15) is 4.39 Å². The summed E-state index contributed by atoms with van der Waals surface area (Å²) in [5.41, 5.74) is 2.30. The van der Waals surface area contributed by atoms with E-state index in [0.717, 1.165) is 35.5 Å². The molecule has 0 atom stereocenters. The Balaban J connectivity index is 0.00000288. The SMILES string of the molecule is CN=C(NCCc1ccc(F)cc1)N(C)Cc1cc(Br)cn1C.I. The second-order valence-electron chi connectivity index (χ2n) is 5.47. The Morgan fingerprint density at radius 2 is 2.00 bits per heavy atom. The first kappa shape index (κ1) is 21.0. The average molecular weight is 509 g/mol. The molecular weight excluding hydrogens is 486 g/mol. The summed E-state index contributed by atoms with van der Waals surface area (Å²) in [6.07, 6.45) is 2.86. The fourth-order valence-electron chi connectivity index (χ4n) is 2.40. The van der Waals surface area contributed by atoms with Crippen LogP contribution in [0.3, 0.4) is 0 Å². The predicted molar refractivity (Wildman–Crippen MR) is 111 cm³/mol. The summed E-state index contributed by atoms with van der Waals surface area (Å²) in [5.74, 6) is 0.635. The van der Waals surface area contributed by atoms with Crippen LogP contribution in [0.1, 0.15) is 11.3 Å². The highest BCUT2D eigenvalue weighted by Crippen LogP contribution is 2.14. The average Bonchev–Trinajstić information content (AvgIpc) is 2.83. The van der Waals surface area contributed by atoms with Crippen molar-refractivity contribution in [2.24, 2.45) is 12.0 Å². The molecule has 132 valence electrons. The van der Waals surface area contributed by atoms with Gasteiger partial charge in [-0.25, -0.2) is 4.39 Å². The van der Waals surface area contributed by atoms with Crippen molar-refractivity contribution in [1.82, 2.24) is 14.8 Å². The maximum absolute atomic E-state index is 12.9. The second-order valence-corrected chi connectivity index (χ2v) is 6.38. The van der Waals surface area contributed by atoms with Gasteiger partial charge in [-0.1, -0.05) is 12.1 Å². The smallest absolute Gasteiger partial charge is 0.193 e. The number of guanidine groups is 1. The minimum absolute atomic E-state index is 0. The lowest BCUT2D eigenvalue weighted by atomic mass is 10.1. The van der Waals surface area contributed by atoms with Crippen molar-refractivity contribution in [2.75, 3.05) is 20.6 Å². The lowest BCUT2D eigenvalue weighted by Gasteiger charge is -2.22. The third kappa shape index (κ3) is 6.08. The van der Waals surface area contributed by atoms with E-state index in [1.54, 1.807) is 7.05 Å². The number of benzene rings is 1. The van der Waals surface area contributed by atoms with E-state index >= 15 is 0 Å². The number of hydrogen-bond donors (Lipinski definition) is 1. The first-order chi connectivity index (χ1) is 11.0. The van der Waals surface area contributed by atoms with Gasteiger partial charge in [-0.05, 0) is 46.1 Å². The van der Waals surface area contributed by atoms with Gasteiger partial charge in [0.05, 0.1) is 6.54 Å². The fraction of sp³-hybridized carbons (Fsp3) is 0.353. The van der Waals surface area contributed by atoms with E-state index in [4.69, 9.17) is 0 Å². The van der Waals surface area contributed by atoms with Gasteiger partial charge in [-0.15, -0.1) is 24.0 Å². The summed E-state index contributed by atoms with van der Waals surface area (Å²) in [7, 11) is 5.81. The lowest BCUT2D eigenvalue weighted by molar-refractivity contribution is 0.462. The zero-order valence-electron chi connectivity index (χ0n) is 14.1. The highest BCUT2D eigenvalue weighted by molar-refractivity contribution is 14.0. The molecule has 1 N–H and O–H groups in total. The summed E-state index contributed by atoms with van der Waals surface area (Å²) >= 11 is 3.49. The maximum Gasteiger partial charge on any atom is 0.193 e. The Labute approximate surface area is 168 Å². The molecule has 1 aromatic heterocycles. The first-order valence-corrected chi connectivity index (χ1v) is 8.26. The molecule has 0 amide bonds. The van der Waals surface area contributed by atoms with Gasteiger partial charge in [0.1, 0.15) is 5.82 Å². The van der Waals surface area contributed by atoms with E-state index < -0.39 is 0 Å². The second kappa shape index (κ2) is 10.0. The number of halogens is 3. The highest BCUT2D eigenvalue weighted by Gasteiger charge is 2.09. The molecule has 1 aromatic carbocycles. The third-order valence-electron chi connectivity index (χ3n) is 3.66. The van der Waals surface area contributed by atoms with Gasteiger partial charge in [-0.3, -0.25) is 4.99 Å². The van der Waals surface area contributed by atoms with Crippen molar-refractivity contribution in [3.8, 4) is 0 Å². The van der Waals surface area contributed by atoms with Crippen molar-refractivity contribution in [2.45, 2.75) is 13.0 Å². The Bertz CT molecular complexity index is 670. The minimum Gasteiger partial charge on any atom is -0.356 e. The van der Waals surface area contributed by atoms with E-state index in [2.05, 4.69) is 41.8 Å². The van der Waals surface area contributed by atoms with Gasteiger partial charge in [-0.2, -0.15) is 0 Å². The number of nitrogens with one attached hydrogen (secondary N) is 1.